The van der Waals surface area contributed by atoms with E-state index in [-0.39, 0.29) is 0 Å². The standard InChI is InChI=1S/C49H30N2O2/c1-2-11-32(12-3-1)40-24-20-33-13-6-7-15-39(33)47(40)51(38-23-26-43-42-16-8-9-17-45(42)52-46(43)30-38)37-22-25-41-35(29-37)21-27-44-48(41)53-49(50-44)36-19-18-31-10-4-5-14-34(31)28-36/h1-30H. The van der Waals surface area contributed by atoms with Crippen LogP contribution in [-0.2, 0) is 0 Å². The Hall–Kier alpha value is -7.17. The molecule has 4 heteroatoms. The van der Waals surface area contributed by atoms with Gasteiger partial charge in [0.05, 0.1) is 5.69 Å². The summed E-state index contributed by atoms with van der Waals surface area (Å²) in [7, 11) is 0. The quantitative estimate of drug-likeness (QED) is 0.182. The SMILES string of the molecule is c1ccc(-c2ccc3ccccc3c2N(c2ccc3c(ccc4nc(-c5ccc6ccccc6c5)oc43)c2)c2ccc3c(c2)oc2ccccc23)cc1. The minimum absolute atomic E-state index is 0.617. The Balaban J connectivity index is 1.14. The summed E-state index contributed by atoms with van der Waals surface area (Å²) in [4.78, 5) is 7.31. The first-order chi connectivity index (χ1) is 26.2. The molecule has 0 radical (unpaired) electrons. The second-order valence-electron chi connectivity index (χ2n) is 13.6. The van der Waals surface area contributed by atoms with Crippen molar-refractivity contribution in [3.63, 3.8) is 0 Å². The van der Waals surface area contributed by atoms with Crippen molar-refractivity contribution in [1.82, 2.24) is 4.98 Å². The Morgan fingerprint density at radius 1 is 0.396 bits per heavy atom. The fourth-order valence-corrected chi connectivity index (χ4v) is 7.89. The summed E-state index contributed by atoms with van der Waals surface area (Å²) in [5, 5.41) is 8.96. The predicted octanol–water partition coefficient (Wildman–Crippen LogP) is 14.0. The fourth-order valence-electron chi connectivity index (χ4n) is 7.89. The van der Waals surface area contributed by atoms with Crippen LogP contribution in [0.25, 0.3) is 87.9 Å². The van der Waals surface area contributed by atoms with Crippen molar-refractivity contribution in [1.29, 1.82) is 0 Å². The van der Waals surface area contributed by atoms with Crippen LogP contribution in [0.15, 0.2) is 191 Å². The van der Waals surface area contributed by atoms with Gasteiger partial charge >= 0.3 is 0 Å². The van der Waals surface area contributed by atoms with Crippen molar-refractivity contribution < 1.29 is 8.83 Å². The molecule has 0 bridgehead atoms. The van der Waals surface area contributed by atoms with Gasteiger partial charge in [-0.1, -0.05) is 121 Å². The van der Waals surface area contributed by atoms with Crippen LogP contribution in [0.5, 0.6) is 0 Å². The zero-order chi connectivity index (χ0) is 34.9. The lowest BCUT2D eigenvalue weighted by atomic mass is 9.96. The van der Waals surface area contributed by atoms with Crippen LogP contribution in [0.2, 0.25) is 0 Å². The number of aromatic nitrogens is 1. The summed E-state index contributed by atoms with van der Waals surface area (Å²) in [6, 6.07) is 64.1. The number of fused-ring (bicyclic) bond motifs is 8. The molecule has 0 saturated heterocycles. The minimum Gasteiger partial charge on any atom is -0.456 e. The Bertz CT molecular complexity index is 3190. The molecule has 11 aromatic rings. The Labute approximate surface area is 304 Å². The molecule has 0 amide bonds. The minimum atomic E-state index is 0.617. The van der Waals surface area contributed by atoms with Crippen molar-refractivity contribution in [2.24, 2.45) is 0 Å². The van der Waals surface area contributed by atoms with E-state index in [0.717, 1.165) is 88.3 Å². The third-order valence-electron chi connectivity index (χ3n) is 10.4. The molecule has 9 aromatic carbocycles. The molecule has 0 atom stereocenters. The number of hydrogen-bond donors (Lipinski definition) is 0. The third-order valence-corrected chi connectivity index (χ3v) is 10.4. The zero-order valence-electron chi connectivity index (χ0n) is 28.5. The molecular formula is C49H30N2O2. The van der Waals surface area contributed by atoms with E-state index in [1.807, 2.05) is 12.1 Å². The molecule has 0 saturated carbocycles. The normalized spacial score (nSPS) is 11.8. The van der Waals surface area contributed by atoms with Gasteiger partial charge in [0.1, 0.15) is 16.7 Å². The van der Waals surface area contributed by atoms with Crippen molar-refractivity contribution >= 4 is 82.4 Å². The van der Waals surface area contributed by atoms with E-state index in [0.29, 0.717) is 5.89 Å². The highest BCUT2D eigenvalue weighted by Crippen LogP contribution is 2.47. The Morgan fingerprint density at radius 3 is 1.96 bits per heavy atom. The van der Waals surface area contributed by atoms with Gasteiger partial charge in [-0.15, -0.1) is 0 Å². The van der Waals surface area contributed by atoms with Crippen molar-refractivity contribution in [2.75, 3.05) is 4.90 Å². The van der Waals surface area contributed by atoms with Crippen LogP contribution in [0, 0.1) is 0 Å². The van der Waals surface area contributed by atoms with Crippen molar-refractivity contribution in [2.45, 2.75) is 0 Å². The lowest BCUT2D eigenvalue weighted by Crippen LogP contribution is -2.12. The first-order valence-corrected chi connectivity index (χ1v) is 17.9. The maximum atomic E-state index is 6.56. The first-order valence-electron chi connectivity index (χ1n) is 17.9. The van der Waals surface area contributed by atoms with E-state index in [2.05, 4.69) is 175 Å². The van der Waals surface area contributed by atoms with Gasteiger partial charge in [0, 0.05) is 50.1 Å². The summed E-state index contributed by atoms with van der Waals surface area (Å²) in [5.74, 6) is 0.617. The lowest BCUT2D eigenvalue weighted by molar-refractivity contribution is 0.623. The Kier molecular flexibility index (Phi) is 6.52. The number of hydrogen-bond acceptors (Lipinski definition) is 4. The fraction of sp³-hybridized carbons (Fsp3) is 0. The van der Waals surface area contributed by atoms with E-state index in [1.54, 1.807) is 0 Å². The van der Waals surface area contributed by atoms with E-state index < -0.39 is 0 Å². The zero-order valence-corrected chi connectivity index (χ0v) is 28.5. The molecule has 0 aliphatic heterocycles. The number of benzene rings is 9. The number of oxazole rings is 1. The summed E-state index contributed by atoms with van der Waals surface area (Å²) < 4.78 is 13.0. The van der Waals surface area contributed by atoms with E-state index in [4.69, 9.17) is 13.8 Å². The van der Waals surface area contributed by atoms with Crippen LogP contribution >= 0.6 is 0 Å². The number of furan rings is 1. The van der Waals surface area contributed by atoms with Crippen LogP contribution in [0.1, 0.15) is 0 Å². The van der Waals surface area contributed by atoms with Gasteiger partial charge in [-0.3, -0.25) is 0 Å². The number of para-hydroxylation sites is 1. The van der Waals surface area contributed by atoms with Gasteiger partial charge < -0.3 is 13.7 Å². The average Bonchev–Trinajstić information content (AvgIpc) is 3.83. The van der Waals surface area contributed by atoms with Crippen LogP contribution in [-0.4, -0.2) is 4.98 Å². The lowest BCUT2D eigenvalue weighted by Gasteiger charge is -2.29. The van der Waals surface area contributed by atoms with Crippen LogP contribution in [0.3, 0.4) is 0 Å². The first kappa shape index (κ1) is 29.5. The van der Waals surface area contributed by atoms with Gasteiger partial charge in [0.25, 0.3) is 0 Å². The topological polar surface area (TPSA) is 42.4 Å². The molecule has 2 aromatic heterocycles. The van der Waals surface area contributed by atoms with Gasteiger partial charge in [-0.05, 0) is 81.7 Å². The predicted molar refractivity (Wildman–Crippen MR) is 219 cm³/mol. The smallest absolute Gasteiger partial charge is 0.227 e. The summed E-state index contributed by atoms with van der Waals surface area (Å²) in [5.41, 5.74) is 9.71. The monoisotopic (exact) mass is 678 g/mol. The van der Waals surface area contributed by atoms with Crippen molar-refractivity contribution in [3.05, 3.63) is 182 Å². The maximum Gasteiger partial charge on any atom is 0.227 e. The molecule has 0 aliphatic carbocycles. The van der Waals surface area contributed by atoms with Crippen LogP contribution in [0.4, 0.5) is 17.1 Å². The summed E-state index contributed by atoms with van der Waals surface area (Å²) in [6.45, 7) is 0. The van der Waals surface area contributed by atoms with E-state index in [1.165, 1.54) is 10.8 Å². The molecule has 248 valence electrons. The summed E-state index contributed by atoms with van der Waals surface area (Å²) in [6.07, 6.45) is 0. The highest BCUT2D eigenvalue weighted by molar-refractivity contribution is 6.11. The van der Waals surface area contributed by atoms with Crippen molar-refractivity contribution in [3.8, 4) is 22.6 Å². The van der Waals surface area contributed by atoms with Crippen LogP contribution < -0.4 is 4.90 Å². The van der Waals surface area contributed by atoms with Gasteiger partial charge in [-0.2, -0.15) is 0 Å². The molecule has 4 nitrogen and oxygen atoms in total. The second kappa shape index (κ2) is 11.7. The van der Waals surface area contributed by atoms with Gasteiger partial charge in [0.15, 0.2) is 5.58 Å². The number of nitrogens with zero attached hydrogens (tertiary/aromatic N) is 2. The largest absolute Gasteiger partial charge is 0.456 e. The molecule has 0 spiro atoms. The van der Waals surface area contributed by atoms with Gasteiger partial charge in [0.2, 0.25) is 5.89 Å². The molecule has 0 aliphatic rings. The second-order valence-corrected chi connectivity index (χ2v) is 13.6. The average molecular weight is 679 g/mol. The highest BCUT2D eigenvalue weighted by Gasteiger charge is 2.22. The molecule has 0 unspecified atom stereocenters. The molecule has 0 fully saturated rings. The summed E-state index contributed by atoms with van der Waals surface area (Å²) >= 11 is 0. The van der Waals surface area contributed by atoms with E-state index in [9.17, 15) is 0 Å². The highest BCUT2D eigenvalue weighted by atomic mass is 16.3. The molecule has 53 heavy (non-hydrogen) atoms. The Morgan fingerprint density at radius 2 is 1.08 bits per heavy atom. The third kappa shape index (κ3) is 4.80. The van der Waals surface area contributed by atoms with Gasteiger partial charge in [-0.25, -0.2) is 4.98 Å². The molecule has 11 rings (SSSR count). The van der Waals surface area contributed by atoms with E-state index >= 15 is 0 Å². The number of rotatable bonds is 5. The molecular weight excluding hydrogens is 649 g/mol. The maximum absolute atomic E-state index is 6.56. The number of anilines is 3. The molecule has 2 heterocycles. The molecule has 0 N–H and O–H groups in total.